The summed E-state index contributed by atoms with van der Waals surface area (Å²) in [5.41, 5.74) is 20.7. The van der Waals surface area contributed by atoms with Crippen molar-refractivity contribution in [1.82, 2.24) is 10.6 Å². The number of aliphatic imine (C=N–C) groups is 1. The number of hydrogen-bond donors (Lipinski definition) is 10. The van der Waals surface area contributed by atoms with Crippen LogP contribution in [0.15, 0.2) is 4.99 Å². The number of amides is 1. The van der Waals surface area contributed by atoms with E-state index in [1.807, 2.05) is 0 Å². The minimum Gasteiger partial charge on any atom is -0.393 e. The third-order valence-corrected chi connectivity index (χ3v) is 6.96. The lowest BCUT2D eigenvalue weighted by Gasteiger charge is -2.41. The Balaban J connectivity index is 1.45. The molecule has 36 heavy (non-hydrogen) atoms. The number of nitrogens with two attached hydrogens (primary N) is 4. The van der Waals surface area contributed by atoms with Gasteiger partial charge in [0.1, 0.15) is 6.10 Å². The molecule has 14 heteroatoms. The van der Waals surface area contributed by atoms with E-state index >= 15 is 0 Å². The largest absolute Gasteiger partial charge is 0.393 e. The fourth-order valence-electron chi connectivity index (χ4n) is 4.91. The van der Waals surface area contributed by atoms with Gasteiger partial charge in [0.05, 0.1) is 30.5 Å². The van der Waals surface area contributed by atoms with Crippen molar-refractivity contribution in [3.05, 3.63) is 0 Å². The van der Waals surface area contributed by atoms with Crippen LogP contribution in [-0.4, -0.2) is 112 Å². The Labute approximate surface area is 210 Å². The van der Waals surface area contributed by atoms with E-state index in [0.717, 1.165) is 6.42 Å². The molecule has 1 aliphatic heterocycles. The Morgan fingerprint density at radius 2 is 1.97 bits per heavy atom. The number of ether oxygens (including phenoxy) is 2. The van der Waals surface area contributed by atoms with Gasteiger partial charge in [0.25, 0.3) is 5.91 Å². The van der Waals surface area contributed by atoms with Crippen molar-refractivity contribution in [2.24, 2.45) is 27.9 Å². The predicted octanol–water partition coefficient (Wildman–Crippen LogP) is -4.33. The van der Waals surface area contributed by atoms with Gasteiger partial charge in [-0.2, -0.15) is 0 Å². The highest BCUT2D eigenvalue weighted by atomic mass is 16.7. The molecular formula is C22H43N7O7. The van der Waals surface area contributed by atoms with Crippen LogP contribution in [0.1, 0.15) is 44.9 Å². The second-order valence-electron chi connectivity index (χ2n) is 10.2. The van der Waals surface area contributed by atoms with Crippen molar-refractivity contribution < 1.29 is 34.7 Å². The number of hydrogen-bond acceptors (Lipinski definition) is 11. The molecule has 0 radical (unpaired) electrons. The fourth-order valence-corrected chi connectivity index (χ4v) is 4.91. The van der Waals surface area contributed by atoms with Crippen LogP contribution in [0.5, 0.6) is 0 Å². The summed E-state index contributed by atoms with van der Waals surface area (Å²) in [6.45, 7) is 1.34. The molecule has 1 saturated heterocycles. The molecule has 14 nitrogen and oxygen atoms in total. The second-order valence-corrected chi connectivity index (χ2v) is 10.2. The lowest BCUT2D eigenvalue weighted by Crippen LogP contribution is -2.58. The van der Waals surface area contributed by atoms with Gasteiger partial charge in [0.2, 0.25) is 0 Å². The van der Waals surface area contributed by atoms with Crippen molar-refractivity contribution in [2.75, 3.05) is 19.6 Å². The zero-order chi connectivity index (χ0) is 26.5. The fraction of sp³-hybridized carbons (Fsp3) is 0.909. The van der Waals surface area contributed by atoms with Gasteiger partial charge in [-0.1, -0.05) is 0 Å². The summed E-state index contributed by atoms with van der Waals surface area (Å²) in [5.74, 6) is -0.810. The van der Waals surface area contributed by atoms with E-state index in [1.54, 1.807) is 0 Å². The van der Waals surface area contributed by atoms with Gasteiger partial charge in [0, 0.05) is 44.4 Å². The highest BCUT2D eigenvalue weighted by Gasteiger charge is 2.60. The Bertz CT molecular complexity index is 746. The number of aliphatic hydroxyl groups excluding tert-OH is 3. The van der Waals surface area contributed by atoms with Crippen LogP contribution in [-0.2, 0) is 14.3 Å². The molecule has 2 saturated carbocycles. The first-order chi connectivity index (χ1) is 17.0. The molecule has 3 fully saturated rings. The van der Waals surface area contributed by atoms with E-state index in [2.05, 4.69) is 15.6 Å². The highest BCUT2D eigenvalue weighted by molar-refractivity contribution is 5.90. The summed E-state index contributed by atoms with van der Waals surface area (Å²) in [4.78, 5) is 16.3. The first-order valence-corrected chi connectivity index (χ1v) is 12.6. The van der Waals surface area contributed by atoms with E-state index in [0.29, 0.717) is 38.9 Å². The maximum Gasteiger partial charge on any atom is 0.254 e. The topological polar surface area (TPSA) is 257 Å². The Kier molecular flexibility index (Phi) is 10.3. The first-order valence-electron chi connectivity index (χ1n) is 12.6. The summed E-state index contributed by atoms with van der Waals surface area (Å²) < 4.78 is 11.9. The predicted molar refractivity (Wildman–Crippen MR) is 130 cm³/mol. The summed E-state index contributed by atoms with van der Waals surface area (Å²) in [6.07, 6.45) is -1.35. The molecule has 3 rings (SSSR count). The van der Waals surface area contributed by atoms with Crippen molar-refractivity contribution >= 4 is 11.9 Å². The zero-order valence-electron chi connectivity index (χ0n) is 20.5. The molecule has 14 N–H and O–H groups in total. The molecule has 0 aromatic rings. The molecule has 10 atom stereocenters. The molecule has 0 bridgehead atoms. The molecule has 8 unspecified atom stereocenters. The van der Waals surface area contributed by atoms with Crippen LogP contribution < -0.4 is 33.6 Å². The smallest absolute Gasteiger partial charge is 0.254 e. The normalized spacial score (nSPS) is 39.3. The summed E-state index contributed by atoms with van der Waals surface area (Å²) in [5, 5.41) is 47.2. The van der Waals surface area contributed by atoms with E-state index in [9.17, 15) is 25.2 Å². The molecule has 0 spiro atoms. The Morgan fingerprint density at radius 3 is 2.64 bits per heavy atom. The van der Waals surface area contributed by atoms with Gasteiger partial charge < -0.3 is 63.5 Å². The van der Waals surface area contributed by atoms with Gasteiger partial charge in [0.15, 0.2) is 17.9 Å². The number of guanidine groups is 1. The van der Waals surface area contributed by atoms with Gasteiger partial charge in [-0.15, -0.1) is 0 Å². The second kappa shape index (κ2) is 12.8. The SMILES string of the molecule is NCCCC(O)CNCC1CC(O)C[C@@H](O[C@@H]2C(N)CC(NC(=O)C3(O)CC3N=C(N)N)CC2O)O1. The van der Waals surface area contributed by atoms with E-state index in [4.69, 9.17) is 32.4 Å². The van der Waals surface area contributed by atoms with Gasteiger partial charge in [-0.3, -0.25) is 4.79 Å². The van der Waals surface area contributed by atoms with Crippen molar-refractivity contribution in [3.8, 4) is 0 Å². The molecule has 2 aliphatic carbocycles. The minimum absolute atomic E-state index is 0.119. The van der Waals surface area contributed by atoms with Crippen LogP contribution in [0.25, 0.3) is 0 Å². The maximum absolute atomic E-state index is 12.5. The number of aliphatic hydroxyl groups is 4. The van der Waals surface area contributed by atoms with E-state index < -0.39 is 60.3 Å². The van der Waals surface area contributed by atoms with Crippen LogP contribution in [0, 0.1) is 0 Å². The molecule has 0 aromatic heterocycles. The average molecular weight is 518 g/mol. The molecule has 1 heterocycles. The van der Waals surface area contributed by atoms with Gasteiger partial charge in [-0.05, 0) is 32.2 Å². The van der Waals surface area contributed by atoms with E-state index in [1.165, 1.54) is 0 Å². The minimum atomic E-state index is -1.66. The summed E-state index contributed by atoms with van der Waals surface area (Å²) >= 11 is 0. The number of nitrogens with zero attached hydrogens (tertiary/aromatic N) is 1. The monoisotopic (exact) mass is 517 g/mol. The highest BCUT2D eigenvalue weighted by Crippen LogP contribution is 2.39. The van der Waals surface area contributed by atoms with Gasteiger partial charge in [-0.25, -0.2) is 4.99 Å². The van der Waals surface area contributed by atoms with Crippen molar-refractivity contribution in [2.45, 2.75) is 105 Å². The standard InChI is InChI=1S/C22H43N7O7/c23-3-1-2-12(30)9-27-10-14-6-13(31)7-18(35-14)36-19-15(24)4-11(5-16(19)32)28-20(33)22(34)8-17(22)29-21(25)26/h11-19,27,30-32,34H,1-10,23-24H2,(H,28,33)(H4,25,26,29)/t11?,12?,13?,14?,15?,16?,17?,18-,19-,22?/m1/s1. The number of nitrogens with one attached hydrogen (secondary N) is 2. The molecule has 0 aromatic carbocycles. The number of carbonyl (C=O) groups excluding carboxylic acids is 1. The quantitative estimate of drug-likeness (QED) is 0.0870. The summed E-state index contributed by atoms with van der Waals surface area (Å²) in [6, 6.07) is -1.77. The summed E-state index contributed by atoms with van der Waals surface area (Å²) in [7, 11) is 0. The lowest BCUT2D eigenvalue weighted by atomic mass is 9.86. The molecule has 208 valence electrons. The van der Waals surface area contributed by atoms with Crippen molar-refractivity contribution in [1.29, 1.82) is 0 Å². The molecule has 1 amide bonds. The molecule has 3 aliphatic rings. The van der Waals surface area contributed by atoms with E-state index in [-0.39, 0.29) is 31.3 Å². The van der Waals surface area contributed by atoms with Crippen LogP contribution >= 0.6 is 0 Å². The van der Waals surface area contributed by atoms with Crippen LogP contribution in [0.2, 0.25) is 0 Å². The third-order valence-electron chi connectivity index (χ3n) is 6.96. The molecular weight excluding hydrogens is 474 g/mol. The first kappa shape index (κ1) is 28.9. The van der Waals surface area contributed by atoms with Crippen LogP contribution in [0.4, 0.5) is 0 Å². The zero-order valence-corrected chi connectivity index (χ0v) is 20.5. The number of rotatable bonds is 12. The van der Waals surface area contributed by atoms with Gasteiger partial charge >= 0.3 is 0 Å². The number of carbonyl (C=O) groups is 1. The van der Waals surface area contributed by atoms with Crippen LogP contribution in [0.3, 0.4) is 0 Å². The Hall–Kier alpha value is -1.62. The average Bonchev–Trinajstić information content (AvgIpc) is 3.44. The third kappa shape index (κ3) is 7.94. The lowest BCUT2D eigenvalue weighted by molar-refractivity contribution is -0.251. The maximum atomic E-state index is 12.5. The van der Waals surface area contributed by atoms with Crippen molar-refractivity contribution in [3.63, 3.8) is 0 Å². The Morgan fingerprint density at radius 1 is 1.22 bits per heavy atom.